The van der Waals surface area contributed by atoms with Crippen LogP contribution in [0.5, 0.6) is 5.75 Å². The molecular weight excluding hydrogens is 230 g/mol. The molecule has 4 nitrogen and oxygen atoms in total. The Balaban J connectivity index is 2.85. The summed E-state index contributed by atoms with van der Waals surface area (Å²) in [6.45, 7) is 6.01. The molecule has 0 atom stereocenters. The lowest BCUT2D eigenvalue weighted by Gasteiger charge is -2.10. The highest BCUT2D eigenvalue weighted by atomic mass is 16.5. The summed E-state index contributed by atoms with van der Waals surface area (Å²) < 4.78 is 5.37. The highest BCUT2D eigenvalue weighted by Crippen LogP contribution is 2.23. The highest BCUT2D eigenvalue weighted by molar-refractivity contribution is 5.99. The van der Waals surface area contributed by atoms with E-state index in [0.29, 0.717) is 23.6 Å². The SMILES string of the molecule is CCOc1ccc(NC(=O)C=C(C)C)cc1CO. The molecule has 1 aromatic rings. The molecule has 1 amide bonds. The van der Waals surface area contributed by atoms with Gasteiger partial charge < -0.3 is 15.2 Å². The molecule has 0 aliphatic rings. The molecule has 0 aliphatic heterocycles. The van der Waals surface area contributed by atoms with Gasteiger partial charge in [0.25, 0.3) is 0 Å². The van der Waals surface area contributed by atoms with Crippen LogP contribution in [0.3, 0.4) is 0 Å². The Labute approximate surface area is 107 Å². The number of allylic oxidation sites excluding steroid dienone is 1. The van der Waals surface area contributed by atoms with Gasteiger partial charge in [-0.15, -0.1) is 0 Å². The quantitative estimate of drug-likeness (QED) is 0.788. The van der Waals surface area contributed by atoms with Crippen molar-refractivity contribution in [3.8, 4) is 5.75 Å². The third kappa shape index (κ3) is 4.22. The Morgan fingerprint density at radius 1 is 1.44 bits per heavy atom. The fourth-order valence-electron chi connectivity index (χ4n) is 1.52. The molecule has 0 spiro atoms. The number of rotatable bonds is 5. The maximum absolute atomic E-state index is 11.6. The Morgan fingerprint density at radius 2 is 2.17 bits per heavy atom. The topological polar surface area (TPSA) is 58.6 Å². The van der Waals surface area contributed by atoms with E-state index in [1.54, 1.807) is 18.2 Å². The number of anilines is 1. The Kier molecular flexibility index (Phi) is 5.39. The molecule has 98 valence electrons. The van der Waals surface area contributed by atoms with Crippen LogP contribution < -0.4 is 10.1 Å². The van der Waals surface area contributed by atoms with Crippen LogP contribution in [-0.2, 0) is 11.4 Å². The molecule has 0 radical (unpaired) electrons. The van der Waals surface area contributed by atoms with E-state index < -0.39 is 0 Å². The van der Waals surface area contributed by atoms with Gasteiger partial charge in [0.15, 0.2) is 0 Å². The molecule has 1 aromatic carbocycles. The van der Waals surface area contributed by atoms with E-state index in [2.05, 4.69) is 5.32 Å². The number of aliphatic hydroxyl groups excluding tert-OH is 1. The molecule has 1 rings (SSSR count). The van der Waals surface area contributed by atoms with Gasteiger partial charge in [0.2, 0.25) is 5.91 Å². The lowest BCUT2D eigenvalue weighted by atomic mass is 10.2. The van der Waals surface area contributed by atoms with Crippen molar-refractivity contribution in [2.45, 2.75) is 27.4 Å². The van der Waals surface area contributed by atoms with Crippen molar-refractivity contribution < 1.29 is 14.6 Å². The molecular formula is C14H19NO3. The summed E-state index contributed by atoms with van der Waals surface area (Å²) in [6.07, 6.45) is 1.52. The third-order valence-electron chi connectivity index (χ3n) is 2.22. The zero-order chi connectivity index (χ0) is 13.5. The summed E-state index contributed by atoms with van der Waals surface area (Å²) in [4.78, 5) is 11.6. The van der Waals surface area contributed by atoms with Gasteiger partial charge in [-0.2, -0.15) is 0 Å². The van der Waals surface area contributed by atoms with Gasteiger partial charge in [0.05, 0.1) is 13.2 Å². The zero-order valence-electron chi connectivity index (χ0n) is 11.0. The first-order valence-corrected chi connectivity index (χ1v) is 5.89. The smallest absolute Gasteiger partial charge is 0.248 e. The highest BCUT2D eigenvalue weighted by Gasteiger charge is 2.05. The number of aliphatic hydroxyl groups is 1. The predicted molar refractivity (Wildman–Crippen MR) is 71.6 cm³/mol. The maximum Gasteiger partial charge on any atom is 0.248 e. The standard InChI is InChI=1S/C14H19NO3/c1-4-18-13-6-5-12(8-11(13)9-16)15-14(17)7-10(2)3/h5-8,16H,4,9H2,1-3H3,(H,15,17). The summed E-state index contributed by atoms with van der Waals surface area (Å²) in [7, 11) is 0. The van der Waals surface area contributed by atoms with Crippen LogP contribution in [0.25, 0.3) is 0 Å². The summed E-state index contributed by atoms with van der Waals surface area (Å²) in [5, 5.41) is 12.0. The van der Waals surface area contributed by atoms with Crippen molar-refractivity contribution in [1.82, 2.24) is 0 Å². The predicted octanol–water partition coefficient (Wildman–Crippen LogP) is 2.48. The average molecular weight is 249 g/mol. The van der Waals surface area contributed by atoms with Gasteiger partial charge in [-0.25, -0.2) is 0 Å². The second-order valence-electron chi connectivity index (χ2n) is 4.12. The molecule has 0 fully saturated rings. The van der Waals surface area contributed by atoms with E-state index in [-0.39, 0.29) is 12.5 Å². The van der Waals surface area contributed by atoms with Crippen molar-refractivity contribution in [1.29, 1.82) is 0 Å². The lowest BCUT2D eigenvalue weighted by Crippen LogP contribution is -2.09. The molecule has 0 saturated heterocycles. The van der Waals surface area contributed by atoms with Crippen LogP contribution in [-0.4, -0.2) is 17.6 Å². The second kappa shape index (κ2) is 6.81. The van der Waals surface area contributed by atoms with Crippen LogP contribution in [0.2, 0.25) is 0 Å². The average Bonchev–Trinajstić information content (AvgIpc) is 2.30. The molecule has 4 heteroatoms. The van der Waals surface area contributed by atoms with Crippen LogP contribution in [0, 0.1) is 0 Å². The molecule has 2 N–H and O–H groups in total. The first kappa shape index (κ1) is 14.3. The number of ether oxygens (including phenoxy) is 1. The number of amides is 1. The molecule has 0 aromatic heterocycles. The van der Waals surface area contributed by atoms with E-state index >= 15 is 0 Å². The van der Waals surface area contributed by atoms with Crippen molar-refractivity contribution in [2.24, 2.45) is 0 Å². The first-order chi connectivity index (χ1) is 8.56. The van der Waals surface area contributed by atoms with Gasteiger partial charge in [-0.05, 0) is 39.0 Å². The van der Waals surface area contributed by atoms with E-state index in [4.69, 9.17) is 4.74 Å². The number of benzene rings is 1. The number of hydrogen-bond acceptors (Lipinski definition) is 3. The molecule has 18 heavy (non-hydrogen) atoms. The van der Waals surface area contributed by atoms with E-state index in [0.717, 1.165) is 5.57 Å². The van der Waals surface area contributed by atoms with Gasteiger partial charge in [-0.1, -0.05) is 5.57 Å². The Hall–Kier alpha value is -1.81. The number of carbonyl (C=O) groups is 1. The zero-order valence-corrected chi connectivity index (χ0v) is 11.0. The second-order valence-corrected chi connectivity index (χ2v) is 4.12. The van der Waals surface area contributed by atoms with Crippen molar-refractivity contribution in [2.75, 3.05) is 11.9 Å². The Bertz CT molecular complexity index is 448. The Morgan fingerprint density at radius 3 is 2.72 bits per heavy atom. The van der Waals surface area contributed by atoms with E-state index in [1.807, 2.05) is 20.8 Å². The first-order valence-electron chi connectivity index (χ1n) is 5.89. The van der Waals surface area contributed by atoms with Gasteiger partial charge in [0.1, 0.15) is 5.75 Å². The lowest BCUT2D eigenvalue weighted by molar-refractivity contribution is -0.111. The minimum Gasteiger partial charge on any atom is -0.494 e. The number of nitrogens with one attached hydrogen (secondary N) is 1. The molecule has 0 bridgehead atoms. The molecule has 0 unspecified atom stereocenters. The van der Waals surface area contributed by atoms with Crippen molar-refractivity contribution >= 4 is 11.6 Å². The summed E-state index contributed by atoms with van der Waals surface area (Å²) in [6, 6.07) is 5.20. The van der Waals surface area contributed by atoms with Crippen molar-refractivity contribution in [3.63, 3.8) is 0 Å². The molecule has 0 heterocycles. The minimum absolute atomic E-state index is 0.123. The maximum atomic E-state index is 11.6. The normalized spacial score (nSPS) is 9.78. The van der Waals surface area contributed by atoms with Crippen LogP contribution in [0.1, 0.15) is 26.3 Å². The fraction of sp³-hybridized carbons (Fsp3) is 0.357. The van der Waals surface area contributed by atoms with Crippen molar-refractivity contribution in [3.05, 3.63) is 35.4 Å². The number of hydrogen-bond donors (Lipinski definition) is 2. The molecule has 0 aliphatic carbocycles. The monoisotopic (exact) mass is 249 g/mol. The van der Waals surface area contributed by atoms with Gasteiger partial charge in [0, 0.05) is 17.3 Å². The van der Waals surface area contributed by atoms with Gasteiger partial charge >= 0.3 is 0 Å². The van der Waals surface area contributed by atoms with Crippen LogP contribution in [0.4, 0.5) is 5.69 Å². The largest absolute Gasteiger partial charge is 0.494 e. The van der Waals surface area contributed by atoms with Gasteiger partial charge in [-0.3, -0.25) is 4.79 Å². The molecule has 0 saturated carbocycles. The fourth-order valence-corrected chi connectivity index (χ4v) is 1.52. The number of carbonyl (C=O) groups excluding carboxylic acids is 1. The van der Waals surface area contributed by atoms with Crippen LogP contribution >= 0.6 is 0 Å². The third-order valence-corrected chi connectivity index (χ3v) is 2.22. The minimum atomic E-state index is -0.178. The van der Waals surface area contributed by atoms with Crippen LogP contribution in [0.15, 0.2) is 29.8 Å². The summed E-state index contributed by atoms with van der Waals surface area (Å²) in [5.41, 5.74) is 2.23. The van der Waals surface area contributed by atoms with E-state index in [9.17, 15) is 9.90 Å². The summed E-state index contributed by atoms with van der Waals surface area (Å²) >= 11 is 0. The summed E-state index contributed by atoms with van der Waals surface area (Å²) in [5.74, 6) is 0.461. The van der Waals surface area contributed by atoms with E-state index in [1.165, 1.54) is 6.08 Å².